The summed E-state index contributed by atoms with van der Waals surface area (Å²) in [5, 5.41) is 17.5. The predicted octanol–water partition coefficient (Wildman–Crippen LogP) is 4.69. The fraction of sp³-hybridized carbons (Fsp3) is 0.526. The van der Waals surface area contributed by atoms with Crippen LogP contribution in [0, 0.1) is 11.3 Å². The summed E-state index contributed by atoms with van der Waals surface area (Å²) in [5.74, 6) is 0. The minimum Gasteiger partial charge on any atom is -0.243 e. The lowest BCUT2D eigenvalue weighted by atomic mass is 9.86. The minimum atomic E-state index is 0.120. The third kappa shape index (κ3) is 4.19. The van der Waals surface area contributed by atoms with Crippen molar-refractivity contribution in [2.24, 2.45) is 0 Å². The van der Waals surface area contributed by atoms with Crippen LogP contribution >= 0.6 is 0 Å². The number of nitrogens with zero attached hydrogens (tertiary/aromatic N) is 4. The van der Waals surface area contributed by atoms with Gasteiger partial charge in [0.2, 0.25) is 0 Å². The molecule has 0 aliphatic heterocycles. The van der Waals surface area contributed by atoms with E-state index in [-0.39, 0.29) is 5.41 Å². The zero-order valence-electron chi connectivity index (χ0n) is 14.6. The maximum atomic E-state index is 9.32. The average Bonchev–Trinajstić information content (AvgIpc) is 2.94. The van der Waals surface area contributed by atoms with Crippen LogP contribution < -0.4 is 0 Å². The van der Waals surface area contributed by atoms with Gasteiger partial charge in [-0.3, -0.25) is 0 Å². The van der Waals surface area contributed by atoms with Crippen molar-refractivity contribution in [3.8, 4) is 17.3 Å². The van der Waals surface area contributed by atoms with Gasteiger partial charge in [0.1, 0.15) is 11.8 Å². The molecule has 0 unspecified atom stereocenters. The predicted molar refractivity (Wildman–Crippen MR) is 93.0 cm³/mol. The zero-order valence-corrected chi connectivity index (χ0v) is 14.6. The second-order valence-corrected chi connectivity index (χ2v) is 7.01. The topological polar surface area (TPSA) is 54.5 Å². The summed E-state index contributed by atoms with van der Waals surface area (Å²) in [5.41, 5.74) is 3.65. The molecule has 2 rings (SSSR count). The maximum Gasteiger partial charge on any atom is 0.190 e. The third-order valence-corrected chi connectivity index (χ3v) is 4.09. The van der Waals surface area contributed by atoms with Gasteiger partial charge in [-0.2, -0.15) is 5.26 Å². The lowest BCUT2D eigenvalue weighted by molar-refractivity contribution is 0.531. The fourth-order valence-electron chi connectivity index (χ4n) is 2.65. The second-order valence-electron chi connectivity index (χ2n) is 7.01. The van der Waals surface area contributed by atoms with Gasteiger partial charge in [0.15, 0.2) is 5.69 Å². The van der Waals surface area contributed by atoms with Crippen LogP contribution in [0.2, 0.25) is 0 Å². The molecular formula is C19H26N4. The van der Waals surface area contributed by atoms with Gasteiger partial charge < -0.3 is 0 Å². The first-order chi connectivity index (χ1) is 11.0. The lowest BCUT2D eigenvalue weighted by Gasteiger charge is -2.19. The molecule has 0 aliphatic rings. The Kier molecular flexibility index (Phi) is 5.54. The first-order valence-corrected chi connectivity index (χ1v) is 8.42. The van der Waals surface area contributed by atoms with Crippen molar-refractivity contribution in [1.29, 1.82) is 5.26 Å². The van der Waals surface area contributed by atoms with Crippen molar-refractivity contribution in [2.45, 2.75) is 65.3 Å². The highest BCUT2D eigenvalue weighted by atomic mass is 15.4. The van der Waals surface area contributed by atoms with Crippen LogP contribution in [0.5, 0.6) is 0 Å². The van der Waals surface area contributed by atoms with E-state index in [0.717, 1.165) is 24.2 Å². The molecule has 0 radical (unpaired) electrons. The normalized spacial score (nSPS) is 11.4. The van der Waals surface area contributed by atoms with Gasteiger partial charge in [0, 0.05) is 12.1 Å². The highest BCUT2D eigenvalue weighted by Crippen LogP contribution is 2.27. The third-order valence-electron chi connectivity index (χ3n) is 4.09. The molecule has 23 heavy (non-hydrogen) atoms. The van der Waals surface area contributed by atoms with E-state index in [9.17, 15) is 5.26 Å². The van der Waals surface area contributed by atoms with Gasteiger partial charge in [0.05, 0.1) is 0 Å². The van der Waals surface area contributed by atoms with E-state index in [1.165, 1.54) is 24.8 Å². The van der Waals surface area contributed by atoms with Crippen molar-refractivity contribution in [3.63, 3.8) is 0 Å². The minimum absolute atomic E-state index is 0.120. The van der Waals surface area contributed by atoms with Crippen molar-refractivity contribution in [1.82, 2.24) is 15.0 Å². The second kappa shape index (κ2) is 7.41. The van der Waals surface area contributed by atoms with E-state index in [1.807, 2.05) is 4.68 Å². The van der Waals surface area contributed by atoms with Crippen LogP contribution in [0.4, 0.5) is 0 Å². The molecule has 0 spiro atoms. The fourth-order valence-corrected chi connectivity index (χ4v) is 2.65. The van der Waals surface area contributed by atoms with Gasteiger partial charge in [0.25, 0.3) is 0 Å². The molecule has 122 valence electrons. The van der Waals surface area contributed by atoms with E-state index in [0.29, 0.717) is 5.69 Å². The Hall–Kier alpha value is -2.15. The number of aromatic nitrogens is 3. The summed E-state index contributed by atoms with van der Waals surface area (Å²) in [6, 6.07) is 10.6. The van der Waals surface area contributed by atoms with Gasteiger partial charge in [-0.1, -0.05) is 76.4 Å². The van der Waals surface area contributed by atoms with Gasteiger partial charge in [-0.25, -0.2) is 4.68 Å². The summed E-state index contributed by atoms with van der Waals surface area (Å²) in [7, 11) is 0. The van der Waals surface area contributed by atoms with Crippen molar-refractivity contribution in [3.05, 3.63) is 35.5 Å². The number of hydrogen-bond acceptors (Lipinski definition) is 3. The molecular weight excluding hydrogens is 284 g/mol. The standard InChI is InChI=1S/C19H26N4/c1-5-6-7-8-13-23-18(17(14-20)21-22-23)15-9-11-16(12-10-15)19(2,3)4/h9-12H,5-8,13H2,1-4H3. The van der Waals surface area contributed by atoms with Gasteiger partial charge >= 0.3 is 0 Å². The lowest BCUT2D eigenvalue weighted by Crippen LogP contribution is -2.10. The molecule has 0 fully saturated rings. The Bertz CT molecular complexity index is 669. The molecule has 4 heteroatoms. The van der Waals surface area contributed by atoms with E-state index >= 15 is 0 Å². The van der Waals surface area contributed by atoms with Crippen LogP contribution in [0.25, 0.3) is 11.3 Å². The zero-order chi connectivity index (χ0) is 16.9. The molecule has 0 amide bonds. The number of aryl methyl sites for hydroxylation is 1. The molecule has 2 aromatic rings. The molecule has 0 atom stereocenters. The van der Waals surface area contributed by atoms with Crippen LogP contribution in [0.15, 0.2) is 24.3 Å². The summed E-state index contributed by atoms with van der Waals surface area (Å²) >= 11 is 0. The molecule has 0 saturated carbocycles. The molecule has 1 aromatic heterocycles. The average molecular weight is 310 g/mol. The van der Waals surface area contributed by atoms with E-state index < -0.39 is 0 Å². The number of rotatable bonds is 6. The summed E-state index contributed by atoms with van der Waals surface area (Å²) in [4.78, 5) is 0. The molecule has 0 aliphatic carbocycles. The molecule has 4 nitrogen and oxygen atoms in total. The maximum absolute atomic E-state index is 9.32. The Morgan fingerprint density at radius 3 is 2.35 bits per heavy atom. The number of benzene rings is 1. The quantitative estimate of drug-likeness (QED) is 0.727. The molecule has 1 heterocycles. The largest absolute Gasteiger partial charge is 0.243 e. The monoisotopic (exact) mass is 310 g/mol. The summed E-state index contributed by atoms with van der Waals surface area (Å²) in [6.45, 7) is 9.60. The van der Waals surface area contributed by atoms with Crippen LogP contribution in [-0.4, -0.2) is 15.0 Å². The molecule has 0 saturated heterocycles. The molecule has 1 aromatic carbocycles. The number of nitriles is 1. The van der Waals surface area contributed by atoms with Gasteiger partial charge in [-0.15, -0.1) is 5.10 Å². The molecule has 0 N–H and O–H groups in total. The van der Waals surface area contributed by atoms with Crippen molar-refractivity contribution < 1.29 is 0 Å². The first kappa shape index (κ1) is 17.2. The number of unbranched alkanes of at least 4 members (excludes halogenated alkanes) is 3. The Morgan fingerprint density at radius 1 is 1.09 bits per heavy atom. The van der Waals surface area contributed by atoms with Crippen LogP contribution in [0.1, 0.15) is 64.6 Å². The SMILES string of the molecule is CCCCCCn1nnc(C#N)c1-c1ccc(C(C)(C)C)cc1. The highest BCUT2D eigenvalue weighted by Gasteiger charge is 2.17. The highest BCUT2D eigenvalue weighted by molar-refractivity contribution is 5.65. The van der Waals surface area contributed by atoms with Crippen molar-refractivity contribution in [2.75, 3.05) is 0 Å². The van der Waals surface area contributed by atoms with Crippen molar-refractivity contribution >= 4 is 0 Å². The Labute approximate surface area is 139 Å². The van der Waals surface area contributed by atoms with E-state index in [2.05, 4.69) is 68.3 Å². The summed E-state index contributed by atoms with van der Waals surface area (Å²) in [6.07, 6.45) is 4.69. The van der Waals surface area contributed by atoms with E-state index in [4.69, 9.17) is 0 Å². The summed E-state index contributed by atoms with van der Waals surface area (Å²) < 4.78 is 1.88. The Morgan fingerprint density at radius 2 is 1.78 bits per heavy atom. The smallest absolute Gasteiger partial charge is 0.190 e. The Balaban J connectivity index is 2.27. The number of hydrogen-bond donors (Lipinski definition) is 0. The van der Waals surface area contributed by atoms with Gasteiger partial charge in [-0.05, 0) is 17.4 Å². The van der Waals surface area contributed by atoms with Crippen LogP contribution in [0.3, 0.4) is 0 Å². The molecule has 0 bridgehead atoms. The van der Waals surface area contributed by atoms with E-state index in [1.54, 1.807) is 0 Å². The van der Waals surface area contributed by atoms with Crippen LogP contribution in [-0.2, 0) is 12.0 Å². The first-order valence-electron chi connectivity index (χ1n) is 8.42.